The number of rotatable bonds is 7. The van der Waals surface area contributed by atoms with Crippen LogP contribution >= 0.6 is 0 Å². The number of para-hydroxylation sites is 1. The Hall–Kier alpha value is -2.15. The lowest BCUT2D eigenvalue weighted by Crippen LogP contribution is -2.52. The number of amides is 2. The van der Waals surface area contributed by atoms with E-state index in [2.05, 4.69) is 10.6 Å². The molecule has 0 heterocycles. The van der Waals surface area contributed by atoms with E-state index in [9.17, 15) is 20.0 Å². The molecule has 0 radical (unpaired) electrons. The Morgan fingerprint density at radius 1 is 1.43 bits per heavy atom. The summed E-state index contributed by atoms with van der Waals surface area (Å²) >= 11 is 0. The first-order valence-electron chi connectivity index (χ1n) is 6.81. The number of hydrogen-bond acceptors (Lipinski definition) is 4. The molecule has 116 valence electrons. The van der Waals surface area contributed by atoms with Crippen LogP contribution in [-0.2, 0) is 6.54 Å². The van der Waals surface area contributed by atoms with Crippen LogP contribution in [0, 0.1) is 10.1 Å². The van der Waals surface area contributed by atoms with Gasteiger partial charge in [0.2, 0.25) is 0 Å². The predicted molar refractivity (Wildman–Crippen MR) is 78.9 cm³/mol. The van der Waals surface area contributed by atoms with E-state index >= 15 is 0 Å². The molecule has 0 bridgehead atoms. The molecule has 1 atom stereocenters. The minimum atomic E-state index is -0.693. The number of nitro benzene ring substituents is 1. The average molecular weight is 295 g/mol. The Labute approximate surface area is 123 Å². The van der Waals surface area contributed by atoms with Gasteiger partial charge in [-0.1, -0.05) is 31.5 Å². The van der Waals surface area contributed by atoms with Gasteiger partial charge in [-0.2, -0.15) is 0 Å². The number of nitro groups is 1. The van der Waals surface area contributed by atoms with Crippen molar-refractivity contribution in [3.05, 3.63) is 39.9 Å². The van der Waals surface area contributed by atoms with Crippen LogP contribution in [0.25, 0.3) is 0 Å². The van der Waals surface area contributed by atoms with Crippen LogP contribution in [0.1, 0.15) is 32.3 Å². The summed E-state index contributed by atoms with van der Waals surface area (Å²) in [5.74, 6) is 0. The third kappa shape index (κ3) is 5.03. The number of carbonyl (C=O) groups is 1. The summed E-state index contributed by atoms with van der Waals surface area (Å²) in [5.41, 5.74) is -0.295. The summed E-state index contributed by atoms with van der Waals surface area (Å²) in [5, 5.41) is 25.5. The zero-order valence-corrected chi connectivity index (χ0v) is 12.3. The van der Waals surface area contributed by atoms with Crippen LogP contribution in [0.4, 0.5) is 10.5 Å². The summed E-state index contributed by atoms with van der Waals surface area (Å²) in [6, 6.07) is 5.78. The first-order valence-corrected chi connectivity index (χ1v) is 6.81. The van der Waals surface area contributed by atoms with E-state index < -0.39 is 16.5 Å². The van der Waals surface area contributed by atoms with Crippen molar-refractivity contribution in [3.63, 3.8) is 0 Å². The highest BCUT2D eigenvalue weighted by Crippen LogP contribution is 2.17. The minimum Gasteiger partial charge on any atom is -0.394 e. The summed E-state index contributed by atoms with van der Waals surface area (Å²) < 4.78 is 0. The van der Waals surface area contributed by atoms with Gasteiger partial charge in [0.1, 0.15) is 0 Å². The first-order chi connectivity index (χ1) is 9.91. The number of hydrogen-bond donors (Lipinski definition) is 3. The van der Waals surface area contributed by atoms with Gasteiger partial charge in [0.25, 0.3) is 5.69 Å². The Kier molecular flexibility index (Phi) is 6.10. The standard InChI is InChI=1S/C14H21N3O4/c1-3-8-14(2,10-18)16-13(19)15-9-11-6-4-5-7-12(11)17(20)21/h4-7,18H,3,8-10H2,1-2H3,(H2,15,16,19). The third-order valence-electron chi connectivity index (χ3n) is 3.19. The summed E-state index contributed by atoms with van der Waals surface area (Å²) in [6.45, 7) is 3.60. The van der Waals surface area contributed by atoms with Gasteiger partial charge in [0.15, 0.2) is 0 Å². The fourth-order valence-corrected chi connectivity index (χ4v) is 2.07. The summed E-state index contributed by atoms with van der Waals surface area (Å²) in [6.07, 6.45) is 1.46. The van der Waals surface area contributed by atoms with Crippen LogP contribution in [0.3, 0.4) is 0 Å². The second-order valence-electron chi connectivity index (χ2n) is 5.16. The topological polar surface area (TPSA) is 104 Å². The molecule has 3 N–H and O–H groups in total. The van der Waals surface area contributed by atoms with Crippen molar-refractivity contribution in [1.29, 1.82) is 0 Å². The number of nitrogens with one attached hydrogen (secondary N) is 2. The van der Waals surface area contributed by atoms with Crippen LogP contribution in [0.2, 0.25) is 0 Å². The molecule has 0 aromatic heterocycles. The number of urea groups is 1. The molecule has 0 saturated heterocycles. The smallest absolute Gasteiger partial charge is 0.315 e. The highest BCUT2D eigenvalue weighted by Gasteiger charge is 2.24. The van der Waals surface area contributed by atoms with Crippen molar-refractivity contribution in [3.8, 4) is 0 Å². The summed E-state index contributed by atoms with van der Waals surface area (Å²) in [4.78, 5) is 22.2. The fourth-order valence-electron chi connectivity index (χ4n) is 2.07. The molecule has 1 unspecified atom stereocenters. The number of benzene rings is 1. The average Bonchev–Trinajstić information content (AvgIpc) is 2.45. The largest absolute Gasteiger partial charge is 0.394 e. The van der Waals surface area contributed by atoms with E-state index in [1.165, 1.54) is 6.07 Å². The number of aliphatic hydroxyl groups excluding tert-OH is 1. The van der Waals surface area contributed by atoms with Crippen LogP contribution in [-0.4, -0.2) is 28.2 Å². The molecular formula is C14H21N3O4. The molecule has 0 aliphatic rings. The fraction of sp³-hybridized carbons (Fsp3) is 0.500. The van der Waals surface area contributed by atoms with Gasteiger partial charge in [-0.05, 0) is 13.3 Å². The Morgan fingerprint density at radius 3 is 2.67 bits per heavy atom. The van der Waals surface area contributed by atoms with Crippen molar-refractivity contribution in [2.45, 2.75) is 38.8 Å². The van der Waals surface area contributed by atoms with E-state index in [4.69, 9.17) is 0 Å². The first kappa shape index (κ1) is 16.9. The lowest BCUT2D eigenvalue weighted by molar-refractivity contribution is -0.385. The van der Waals surface area contributed by atoms with Crippen molar-refractivity contribution in [1.82, 2.24) is 10.6 Å². The third-order valence-corrected chi connectivity index (χ3v) is 3.19. The maximum atomic E-state index is 11.8. The SMILES string of the molecule is CCCC(C)(CO)NC(=O)NCc1ccccc1[N+](=O)[O-]. The molecule has 2 amide bonds. The molecule has 0 aliphatic carbocycles. The molecule has 0 aliphatic heterocycles. The van der Waals surface area contributed by atoms with Gasteiger partial charge in [-0.15, -0.1) is 0 Å². The van der Waals surface area contributed by atoms with E-state index in [-0.39, 0.29) is 18.8 Å². The van der Waals surface area contributed by atoms with Gasteiger partial charge >= 0.3 is 6.03 Å². The Morgan fingerprint density at radius 2 is 2.10 bits per heavy atom. The highest BCUT2D eigenvalue weighted by molar-refractivity contribution is 5.74. The van der Waals surface area contributed by atoms with Gasteiger partial charge < -0.3 is 15.7 Å². The zero-order chi connectivity index (χ0) is 15.9. The molecule has 0 saturated carbocycles. The predicted octanol–water partition coefficient (Wildman–Crippen LogP) is 1.95. The van der Waals surface area contributed by atoms with Crippen LogP contribution < -0.4 is 10.6 Å². The second kappa shape index (κ2) is 7.58. The normalized spacial score (nSPS) is 13.3. The lowest BCUT2D eigenvalue weighted by atomic mass is 9.98. The van der Waals surface area contributed by atoms with Crippen LogP contribution in [0.15, 0.2) is 24.3 Å². The molecule has 7 heteroatoms. The molecule has 1 aromatic carbocycles. The maximum absolute atomic E-state index is 11.8. The minimum absolute atomic E-state index is 0.0312. The molecular weight excluding hydrogens is 274 g/mol. The van der Waals surface area contributed by atoms with Crippen molar-refractivity contribution >= 4 is 11.7 Å². The molecule has 7 nitrogen and oxygen atoms in total. The van der Waals surface area contributed by atoms with Gasteiger partial charge in [-0.3, -0.25) is 10.1 Å². The molecule has 21 heavy (non-hydrogen) atoms. The highest BCUT2D eigenvalue weighted by atomic mass is 16.6. The van der Waals surface area contributed by atoms with Gasteiger partial charge in [0, 0.05) is 11.6 Å². The van der Waals surface area contributed by atoms with Gasteiger partial charge in [-0.25, -0.2) is 4.79 Å². The van der Waals surface area contributed by atoms with Gasteiger partial charge in [0.05, 0.1) is 23.6 Å². The quantitative estimate of drug-likeness (QED) is 0.528. The van der Waals surface area contributed by atoms with Crippen molar-refractivity contribution < 1.29 is 14.8 Å². The van der Waals surface area contributed by atoms with E-state index in [0.29, 0.717) is 12.0 Å². The Balaban J connectivity index is 2.63. The summed E-state index contributed by atoms with van der Waals surface area (Å²) in [7, 11) is 0. The lowest BCUT2D eigenvalue weighted by Gasteiger charge is -2.28. The van der Waals surface area contributed by atoms with E-state index in [0.717, 1.165) is 6.42 Å². The van der Waals surface area contributed by atoms with Crippen molar-refractivity contribution in [2.24, 2.45) is 0 Å². The van der Waals surface area contributed by atoms with E-state index in [1.807, 2.05) is 6.92 Å². The zero-order valence-electron chi connectivity index (χ0n) is 12.3. The van der Waals surface area contributed by atoms with E-state index in [1.54, 1.807) is 25.1 Å². The number of aliphatic hydroxyl groups is 1. The number of nitrogens with zero attached hydrogens (tertiary/aromatic N) is 1. The number of carbonyl (C=O) groups excluding carboxylic acids is 1. The van der Waals surface area contributed by atoms with Crippen LogP contribution in [0.5, 0.6) is 0 Å². The molecule has 1 aromatic rings. The molecule has 1 rings (SSSR count). The van der Waals surface area contributed by atoms with Crippen molar-refractivity contribution in [2.75, 3.05) is 6.61 Å². The Bertz CT molecular complexity index is 507. The monoisotopic (exact) mass is 295 g/mol. The molecule has 0 spiro atoms. The second-order valence-corrected chi connectivity index (χ2v) is 5.16. The maximum Gasteiger partial charge on any atom is 0.315 e. The molecule has 0 fully saturated rings.